The molecule has 5 aromatic rings. The number of aromatic amines is 1. The minimum absolute atomic E-state index is 0.403. The van der Waals surface area contributed by atoms with Gasteiger partial charge in [-0.15, -0.1) is 0 Å². The number of benzene rings is 1. The first kappa shape index (κ1) is 17.8. The topological polar surface area (TPSA) is 115 Å². The van der Waals surface area contributed by atoms with Gasteiger partial charge in [-0.2, -0.15) is 10.1 Å². The molecule has 0 saturated heterocycles. The Morgan fingerprint density at radius 2 is 1.97 bits per heavy atom. The normalized spacial score (nSPS) is 11.1. The molecule has 30 heavy (non-hydrogen) atoms. The van der Waals surface area contributed by atoms with Crippen LogP contribution in [0.5, 0.6) is 11.6 Å². The molecular weight excluding hydrogens is 382 g/mol. The lowest BCUT2D eigenvalue weighted by Crippen LogP contribution is -2.00. The van der Waals surface area contributed by atoms with Gasteiger partial charge in [0.2, 0.25) is 0 Å². The van der Waals surface area contributed by atoms with Crippen molar-refractivity contribution in [2.75, 3.05) is 25.3 Å². The van der Waals surface area contributed by atoms with Gasteiger partial charge in [0.15, 0.2) is 17.2 Å². The van der Waals surface area contributed by atoms with Crippen LogP contribution in [0.1, 0.15) is 0 Å². The van der Waals surface area contributed by atoms with E-state index in [0.29, 0.717) is 23.3 Å². The second kappa shape index (κ2) is 6.96. The van der Waals surface area contributed by atoms with Crippen molar-refractivity contribution in [1.82, 2.24) is 24.6 Å². The van der Waals surface area contributed by atoms with Gasteiger partial charge in [-0.05, 0) is 35.9 Å². The van der Waals surface area contributed by atoms with E-state index in [1.807, 2.05) is 47.1 Å². The van der Waals surface area contributed by atoms with Crippen molar-refractivity contribution in [1.29, 1.82) is 0 Å². The van der Waals surface area contributed by atoms with Crippen molar-refractivity contribution in [3.8, 4) is 22.8 Å². The molecular formula is C21H19N7O2. The first-order valence-corrected chi connectivity index (χ1v) is 9.23. The summed E-state index contributed by atoms with van der Waals surface area (Å²) in [5, 5.41) is 11.3. The van der Waals surface area contributed by atoms with Gasteiger partial charge in [-0.25, -0.2) is 4.98 Å². The fourth-order valence-corrected chi connectivity index (χ4v) is 3.44. The summed E-state index contributed by atoms with van der Waals surface area (Å²) < 4.78 is 12.5. The third kappa shape index (κ3) is 2.93. The molecule has 0 spiro atoms. The number of nitrogens with one attached hydrogen (secondary N) is 2. The molecule has 0 aliphatic carbocycles. The average Bonchev–Trinajstić information content (AvgIpc) is 3.40. The monoisotopic (exact) mass is 401 g/mol. The molecule has 5 rings (SSSR count). The molecule has 4 heterocycles. The minimum atomic E-state index is 0.403. The number of methoxy groups -OCH3 is 2. The fraction of sp³-hybridized carbons (Fsp3) is 0.0952. The molecule has 0 saturated carbocycles. The van der Waals surface area contributed by atoms with Crippen LogP contribution in [0.25, 0.3) is 27.7 Å². The number of pyridine rings is 2. The molecule has 0 atom stereocenters. The molecule has 0 unspecified atom stereocenters. The zero-order valence-electron chi connectivity index (χ0n) is 16.4. The van der Waals surface area contributed by atoms with Crippen molar-refractivity contribution in [3.63, 3.8) is 0 Å². The Morgan fingerprint density at radius 3 is 2.80 bits per heavy atom. The van der Waals surface area contributed by atoms with Crippen LogP contribution in [0.2, 0.25) is 0 Å². The highest BCUT2D eigenvalue weighted by Crippen LogP contribution is 2.32. The van der Waals surface area contributed by atoms with E-state index in [1.54, 1.807) is 26.5 Å². The highest BCUT2D eigenvalue weighted by Gasteiger charge is 2.12. The zero-order valence-corrected chi connectivity index (χ0v) is 16.4. The van der Waals surface area contributed by atoms with E-state index in [2.05, 4.69) is 25.5 Å². The third-order valence-corrected chi connectivity index (χ3v) is 4.91. The van der Waals surface area contributed by atoms with E-state index >= 15 is 0 Å². The largest absolute Gasteiger partial charge is 0.491 e. The van der Waals surface area contributed by atoms with Crippen molar-refractivity contribution in [2.45, 2.75) is 0 Å². The van der Waals surface area contributed by atoms with E-state index in [1.165, 1.54) is 0 Å². The molecule has 0 amide bonds. The summed E-state index contributed by atoms with van der Waals surface area (Å²) in [6.07, 6.45) is 5.68. The first-order valence-electron chi connectivity index (χ1n) is 9.23. The van der Waals surface area contributed by atoms with Crippen LogP contribution in [0.3, 0.4) is 0 Å². The number of nitrogens with two attached hydrogens (primary N) is 1. The predicted molar refractivity (Wildman–Crippen MR) is 115 cm³/mol. The van der Waals surface area contributed by atoms with E-state index in [9.17, 15) is 0 Å². The van der Waals surface area contributed by atoms with Gasteiger partial charge in [-0.3, -0.25) is 5.10 Å². The number of anilines is 3. The number of hydrogen-bond donors (Lipinski definition) is 3. The lowest BCUT2D eigenvalue weighted by molar-refractivity contribution is 0.343. The third-order valence-electron chi connectivity index (χ3n) is 4.91. The maximum atomic E-state index is 5.89. The van der Waals surface area contributed by atoms with Crippen molar-refractivity contribution < 1.29 is 9.47 Å². The summed E-state index contributed by atoms with van der Waals surface area (Å²) in [6.45, 7) is 0. The van der Waals surface area contributed by atoms with Crippen LogP contribution >= 0.6 is 0 Å². The smallest absolute Gasteiger partial charge is 0.258 e. The summed E-state index contributed by atoms with van der Waals surface area (Å²) in [6, 6.07) is 11.7. The number of H-pyrrole nitrogens is 1. The fourth-order valence-electron chi connectivity index (χ4n) is 3.44. The predicted octanol–water partition coefficient (Wildman–Crippen LogP) is 3.62. The van der Waals surface area contributed by atoms with E-state index in [0.717, 1.165) is 33.4 Å². The minimum Gasteiger partial charge on any atom is -0.491 e. The van der Waals surface area contributed by atoms with Gasteiger partial charge in [0.25, 0.3) is 5.88 Å². The number of ether oxygens (including phenoxy) is 2. The molecule has 150 valence electrons. The zero-order chi connectivity index (χ0) is 20.7. The summed E-state index contributed by atoms with van der Waals surface area (Å²) in [5.74, 6) is 2.07. The van der Waals surface area contributed by atoms with E-state index < -0.39 is 0 Å². The molecule has 0 fully saturated rings. The Hall–Kier alpha value is -4.27. The number of aromatic nitrogens is 5. The molecule has 0 aliphatic heterocycles. The van der Waals surface area contributed by atoms with Gasteiger partial charge in [0.05, 0.1) is 25.4 Å². The second-order valence-electron chi connectivity index (χ2n) is 6.70. The van der Waals surface area contributed by atoms with Crippen molar-refractivity contribution in [2.24, 2.45) is 0 Å². The highest BCUT2D eigenvalue weighted by molar-refractivity contribution is 5.92. The van der Waals surface area contributed by atoms with Crippen LogP contribution in [-0.4, -0.2) is 38.8 Å². The Morgan fingerprint density at radius 1 is 1.07 bits per heavy atom. The number of nitrogens with zero attached hydrogens (tertiary/aromatic N) is 4. The van der Waals surface area contributed by atoms with Crippen LogP contribution in [0.15, 0.2) is 55.0 Å². The Balaban J connectivity index is 1.59. The van der Waals surface area contributed by atoms with E-state index in [-0.39, 0.29) is 0 Å². The number of fused-ring (bicyclic) bond motifs is 2. The quantitative estimate of drug-likeness (QED) is 0.412. The molecule has 0 aliphatic rings. The maximum Gasteiger partial charge on any atom is 0.258 e. The SMILES string of the molecule is COc1ccc(Nc2cc(-c3ccc4c(N)n[nH]c4c3)cn3ccnc23)nc1OC. The summed E-state index contributed by atoms with van der Waals surface area (Å²) >= 11 is 0. The van der Waals surface area contributed by atoms with E-state index in [4.69, 9.17) is 15.2 Å². The molecule has 4 aromatic heterocycles. The van der Waals surface area contributed by atoms with Crippen LogP contribution in [0, 0.1) is 0 Å². The summed E-state index contributed by atoms with van der Waals surface area (Å²) in [5.41, 5.74) is 10.4. The number of imidazole rings is 1. The molecule has 9 nitrogen and oxygen atoms in total. The Bertz CT molecular complexity index is 1370. The Labute approximate surface area is 171 Å². The first-order chi connectivity index (χ1) is 14.7. The van der Waals surface area contributed by atoms with Gasteiger partial charge in [0.1, 0.15) is 5.82 Å². The van der Waals surface area contributed by atoms with Gasteiger partial charge >= 0.3 is 0 Å². The molecule has 4 N–H and O–H groups in total. The molecule has 1 aromatic carbocycles. The standard InChI is InChI=1S/C21H19N7O2/c1-29-17-5-6-18(25-21(17)30-2)24-16-10-13(11-28-8-7-23-20(16)28)12-3-4-14-15(9-12)26-27-19(14)22/h3-11H,1-2H3,(H,24,25)(H3,22,26,27). The summed E-state index contributed by atoms with van der Waals surface area (Å²) in [7, 11) is 3.13. The number of rotatable bonds is 5. The van der Waals surface area contributed by atoms with Crippen LogP contribution in [0.4, 0.5) is 17.3 Å². The van der Waals surface area contributed by atoms with Gasteiger partial charge in [-0.1, -0.05) is 6.07 Å². The Kier molecular flexibility index (Phi) is 4.13. The van der Waals surface area contributed by atoms with Gasteiger partial charge < -0.3 is 24.9 Å². The number of nitrogen functional groups attached to an aromatic ring is 1. The molecule has 0 bridgehead atoms. The maximum absolute atomic E-state index is 5.89. The van der Waals surface area contributed by atoms with Crippen molar-refractivity contribution in [3.05, 3.63) is 55.0 Å². The van der Waals surface area contributed by atoms with Gasteiger partial charge in [0, 0.05) is 29.5 Å². The second-order valence-corrected chi connectivity index (χ2v) is 6.70. The lowest BCUT2D eigenvalue weighted by Gasteiger charge is -2.12. The van der Waals surface area contributed by atoms with Crippen LogP contribution in [-0.2, 0) is 0 Å². The molecule has 9 heteroatoms. The summed E-state index contributed by atoms with van der Waals surface area (Å²) in [4.78, 5) is 8.94. The van der Waals surface area contributed by atoms with Crippen LogP contribution < -0.4 is 20.5 Å². The highest BCUT2D eigenvalue weighted by atomic mass is 16.5. The lowest BCUT2D eigenvalue weighted by atomic mass is 10.1. The van der Waals surface area contributed by atoms with Crippen molar-refractivity contribution >= 4 is 33.9 Å². The average molecular weight is 401 g/mol. The number of hydrogen-bond acceptors (Lipinski definition) is 7. The molecule has 0 radical (unpaired) electrons.